The van der Waals surface area contributed by atoms with Crippen LogP contribution in [-0.4, -0.2) is 17.5 Å². The van der Waals surface area contributed by atoms with Crippen LogP contribution < -0.4 is 10.7 Å². The number of carbonyl (C=O) groups excluding carboxylic acids is 2. The average Bonchev–Trinajstić information content (AvgIpc) is 3.06. The van der Waals surface area contributed by atoms with Crippen molar-refractivity contribution in [3.63, 3.8) is 0 Å². The van der Waals surface area contributed by atoms with E-state index in [0.29, 0.717) is 17.6 Å². The minimum Gasteiger partial charge on any atom is -0.467 e. The fourth-order valence-corrected chi connectivity index (χ4v) is 2.50. The molecular weight excluding hydrogens is 258 g/mol. The number of rotatable bonds is 3. The first-order valence-electron chi connectivity index (χ1n) is 6.57. The third-order valence-electron chi connectivity index (χ3n) is 3.67. The lowest BCUT2D eigenvalue weighted by atomic mass is 9.74. The second-order valence-corrected chi connectivity index (χ2v) is 4.94. The molecule has 1 aromatic heterocycles. The molecule has 0 radical (unpaired) electrons. The highest BCUT2D eigenvalue weighted by Crippen LogP contribution is 2.39. The third kappa shape index (κ3) is 2.49. The summed E-state index contributed by atoms with van der Waals surface area (Å²) in [6, 6.07) is 3.44. The predicted octanol–water partition coefficient (Wildman–Crippen LogP) is 0.964. The van der Waals surface area contributed by atoms with Crippen LogP contribution in [0.15, 0.2) is 40.1 Å². The molecule has 1 aromatic rings. The van der Waals surface area contributed by atoms with E-state index in [0.717, 1.165) is 18.6 Å². The van der Waals surface area contributed by atoms with Gasteiger partial charge in [-0.25, -0.2) is 5.43 Å². The topological polar surface area (TPSA) is 83.7 Å². The Labute approximate surface area is 115 Å². The van der Waals surface area contributed by atoms with Gasteiger partial charge >= 0.3 is 11.8 Å². The molecule has 0 spiro atoms. The normalized spacial score (nSPS) is 25.1. The first-order valence-corrected chi connectivity index (χ1v) is 6.57. The summed E-state index contributed by atoms with van der Waals surface area (Å²) in [5.41, 5.74) is 3.27. The van der Waals surface area contributed by atoms with Crippen LogP contribution >= 0.6 is 0 Å². The summed E-state index contributed by atoms with van der Waals surface area (Å²) in [6.45, 7) is 0.185. The van der Waals surface area contributed by atoms with Crippen molar-refractivity contribution in [2.45, 2.75) is 19.4 Å². The van der Waals surface area contributed by atoms with Crippen molar-refractivity contribution in [1.82, 2.24) is 10.7 Å². The Morgan fingerprint density at radius 1 is 1.40 bits per heavy atom. The van der Waals surface area contributed by atoms with E-state index in [9.17, 15) is 9.59 Å². The van der Waals surface area contributed by atoms with Crippen LogP contribution in [0.4, 0.5) is 0 Å². The third-order valence-corrected chi connectivity index (χ3v) is 3.67. The molecule has 0 bridgehead atoms. The van der Waals surface area contributed by atoms with Gasteiger partial charge in [0.2, 0.25) is 0 Å². The molecule has 1 heterocycles. The average molecular weight is 273 g/mol. The SMILES string of the molecule is O=C(NCc1ccco1)C(=O)N/N=C1\C[C@H]2C=CC[C@@H]12. The zero-order chi connectivity index (χ0) is 13.9. The summed E-state index contributed by atoms with van der Waals surface area (Å²) in [6.07, 6.45) is 7.67. The Morgan fingerprint density at radius 3 is 3.05 bits per heavy atom. The molecule has 2 amide bonds. The van der Waals surface area contributed by atoms with Crippen molar-refractivity contribution in [3.05, 3.63) is 36.3 Å². The Kier molecular flexibility index (Phi) is 3.37. The number of allylic oxidation sites excluding steroid dienone is 2. The van der Waals surface area contributed by atoms with Crippen molar-refractivity contribution >= 4 is 17.5 Å². The van der Waals surface area contributed by atoms with Crippen molar-refractivity contribution in [1.29, 1.82) is 0 Å². The van der Waals surface area contributed by atoms with Gasteiger partial charge in [-0.1, -0.05) is 12.2 Å². The highest BCUT2D eigenvalue weighted by molar-refractivity contribution is 6.35. The standard InChI is InChI=1S/C14H15N3O3/c18-13(15-8-10-4-2-6-20-10)14(19)17-16-12-7-9-3-1-5-11(9)12/h1-4,6,9,11H,5,7-8H2,(H,15,18)(H,17,19)/b16-12+/t9-,11-/m1/s1. The van der Waals surface area contributed by atoms with Gasteiger partial charge in [-0.05, 0) is 30.9 Å². The van der Waals surface area contributed by atoms with Gasteiger partial charge in [0.05, 0.1) is 12.8 Å². The molecule has 0 aromatic carbocycles. The van der Waals surface area contributed by atoms with E-state index in [-0.39, 0.29) is 6.54 Å². The van der Waals surface area contributed by atoms with Crippen molar-refractivity contribution in [2.75, 3.05) is 0 Å². The Hall–Kier alpha value is -2.37. The maximum Gasteiger partial charge on any atom is 0.329 e. The number of carbonyl (C=O) groups is 2. The van der Waals surface area contributed by atoms with Crippen molar-refractivity contribution in [2.24, 2.45) is 16.9 Å². The molecule has 0 unspecified atom stereocenters. The second kappa shape index (κ2) is 5.32. The lowest BCUT2D eigenvalue weighted by Gasteiger charge is -2.31. The number of amides is 2. The minimum atomic E-state index is -0.751. The number of hydrogen-bond donors (Lipinski definition) is 2. The molecule has 0 saturated heterocycles. The molecule has 2 aliphatic rings. The van der Waals surface area contributed by atoms with Crippen LogP contribution in [0.1, 0.15) is 18.6 Å². The first-order chi connectivity index (χ1) is 9.74. The fraction of sp³-hybridized carbons (Fsp3) is 0.357. The zero-order valence-electron chi connectivity index (χ0n) is 10.8. The molecule has 2 atom stereocenters. The number of hydrogen-bond acceptors (Lipinski definition) is 4. The summed E-state index contributed by atoms with van der Waals surface area (Å²) in [5, 5.41) is 6.50. The molecule has 104 valence electrons. The van der Waals surface area contributed by atoms with Crippen LogP contribution in [0.2, 0.25) is 0 Å². The number of fused-ring (bicyclic) bond motifs is 1. The van der Waals surface area contributed by atoms with Crippen LogP contribution in [-0.2, 0) is 16.1 Å². The fourth-order valence-electron chi connectivity index (χ4n) is 2.50. The Morgan fingerprint density at radius 2 is 2.30 bits per heavy atom. The highest BCUT2D eigenvalue weighted by atomic mass is 16.3. The largest absolute Gasteiger partial charge is 0.467 e. The molecule has 20 heavy (non-hydrogen) atoms. The molecule has 0 aliphatic heterocycles. The van der Waals surface area contributed by atoms with Gasteiger partial charge in [-0.15, -0.1) is 0 Å². The Bertz CT molecular complexity index is 574. The van der Waals surface area contributed by atoms with Crippen LogP contribution in [0.5, 0.6) is 0 Å². The molecule has 6 nitrogen and oxygen atoms in total. The molecular formula is C14H15N3O3. The van der Waals surface area contributed by atoms with Crippen LogP contribution in [0, 0.1) is 11.8 Å². The summed E-state index contributed by atoms with van der Waals surface area (Å²) in [5.74, 6) is 0.112. The van der Waals surface area contributed by atoms with E-state index in [1.165, 1.54) is 6.26 Å². The van der Waals surface area contributed by atoms with Gasteiger partial charge in [0.1, 0.15) is 5.76 Å². The maximum absolute atomic E-state index is 11.6. The Balaban J connectivity index is 1.45. The van der Waals surface area contributed by atoms with E-state index < -0.39 is 11.8 Å². The second-order valence-electron chi connectivity index (χ2n) is 4.94. The van der Waals surface area contributed by atoms with Gasteiger partial charge in [-0.3, -0.25) is 9.59 Å². The quantitative estimate of drug-likeness (QED) is 0.489. The maximum atomic E-state index is 11.6. The first kappa shape index (κ1) is 12.7. The highest BCUT2D eigenvalue weighted by Gasteiger charge is 2.38. The molecule has 1 fully saturated rings. The molecule has 1 saturated carbocycles. The van der Waals surface area contributed by atoms with Gasteiger partial charge in [0, 0.05) is 11.6 Å². The number of hydrazone groups is 1. The van der Waals surface area contributed by atoms with Crippen molar-refractivity contribution < 1.29 is 14.0 Å². The molecule has 2 aliphatic carbocycles. The van der Waals surface area contributed by atoms with E-state index >= 15 is 0 Å². The van der Waals surface area contributed by atoms with E-state index in [1.807, 2.05) is 0 Å². The van der Waals surface area contributed by atoms with Gasteiger partial charge in [-0.2, -0.15) is 5.10 Å². The number of furan rings is 1. The molecule has 6 heteroatoms. The van der Waals surface area contributed by atoms with Gasteiger partial charge in [0.15, 0.2) is 0 Å². The monoisotopic (exact) mass is 273 g/mol. The molecule has 3 rings (SSSR count). The summed E-state index contributed by atoms with van der Waals surface area (Å²) in [7, 11) is 0. The summed E-state index contributed by atoms with van der Waals surface area (Å²) >= 11 is 0. The number of nitrogens with one attached hydrogen (secondary N) is 2. The van der Waals surface area contributed by atoms with E-state index in [4.69, 9.17) is 4.42 Å². The summed E-state index contributed by atoms with van der Waals surface area (Å²) in [4.78, 5) is 23.1. The zero-order valence-corrected chi connectivity index (χ0v) is 10.8. The minimum absolute atomic E-state index is 0.185. The van der Waals surface area contributed by atoms with Gasteiger partial charge < -0.3 is 9.73 Å². The smallest absolute Gasteiger partial charge is 0.329 e. The van der Waals surface area contributed by atoms with Gasteiger partial charge in [0.25, 0.3) is 0 Å². The van der Waals surface area contributed by atoms with Crippen LogP contribution in [0.25, 0.3) is 0 Å². The van der Waals surface area contributed by atoms with Crippen molar-refractivity contribution in [3.8, 4) is 0 Å². The molecule has 2 N–H and O–H groups in total. The van der Waals surface area contributed by atoms with E-state index in [2.05, 4.69) is 28.0 Å². The van der Waals surface area contributed by atoms with E-state index in [1.54, 1.807) is 12.1 Å². The lowest BCUT2D eigenvalue weighted by molar-refractivity contribution is -0.139. The lowest BCUT2D eigenvalue weighted by Crippen LogP contribution is -2.40. The summed E-state index contributed by atoms with van der Waals surface area (Å²) < 4.78 is 5.05. The van der Waals surface area contributed by atoms with Crippen LogP contribution in [0.3, 0.4) is 0 Å². The number of nitrogens with zero attached hydrogens (tertiary/aromatic N) is 1. The predicted molar refractivity (Wildman–Crippen MR) is 71.5 cm³/mol.